The van der Waals surface area contributed by atoms with Crippen LogP contribution in [0.4, 0.5) is 0 Å². The van der Waals surface area contributed by atoms with Gasteiger partial charge in [-0.1, -0.05) is 6.07 Å². The molecule has 1 saturated heterocycles. The Labute approximate surface area is 147 Å². The van der Waals surface area contributed by atoms with Gasteiger partial charge in [0.05, 0.1) is 5.92 Å². The van der Waals surface area contributed by atoms with Crippen LogP contribution in [0.3, 0.4) is 0 Å². The zero-order valence-electron chi connectivity index (χ0n) is 14.3. The molecule has 0 bridgehead atoms. The smallest absolute Gasteiger partial charge is 0.231 e. The van der Waals surface area contributed by atoms with Crippen molar-refractivity contribution in [2.45, 2.75) is 44.6 Å². The van der Waals surface area contributed by atoms with Crippen molar-refractivity contribution in [1.29, 1.82) is 0 Å². The van der Waals surface area contributed by atoms with Gasteiger partial charge in [-0.25, -0.2) is 0 Å². The summed E-state index contributed by atoms with van der Waals surface area (Å²) >= 11 is 0. The van der Waals surface area contributed by atoms with Crippen LogP contribution in [-0.4, -0.2) is 42.6 Å². The van der Waals surface area contributed by atoms with Crippen LogP contribution < -0.4 is 14.8 Å². The van der Waals surface area contributed by atoms with Gasteiger partial charge in [0, 0.05) is 25.6 Å². The average Bonchev–Trinajstić information content (AvgIpc) is 3.33. The van der Waals surface area contributed by atoms with E-state index in [2.05, 4.69) is 5.32 Å². The van der Waals surface area contributed by atoms with Crippen LogP contribution in [0.5, 0.6) is 11.5 Å². The molecule has 1 saturated carbocycles. The first kappa shape index (κ1) is 16.2. The summed E-state index contributed by atoms with van der Waals surface area (Å²) in [5.41, 5.74) is 1.07. The number of benzene rings is 1. The van der Waals surface area contributed by atoms with Gasteiger partial charge in [-0.05, 0) is 49.8 Å². The third kappa shape index (κ3) is 3.89. The SMILES string of the molecule is O=C(NC1CC1)[C@H]1CCCN(C(=O)CCc2ccc3c(c2)OCO3)C1. The minimum atomic E-state index is -0.0520. The first-order valence-electron chi connectivity index (χ1n) is 9.16. The maximum absolute atomic E-state index is 12.5. The number of hydrogen-bond acceptors (Lipinski definition) is 4. The highest BCUT2D eigenvalue weighted by atomic mass is 16.7. The average molecular weight is 344 g/mol. The summed E-state index contributed by atoms with van der Waals surface area (Å²) in [4.78, 5) is 26.6. The minimum absolute atomic E-state index is 0.0520. The first-order chi connectivity index (χ1) is 12.2. The Bertz CT molecular complexity index is 671. The van der Waals surface area contributed by atoms with E-state index in [1.165, 1.54) is 0 Å². The van der Waals surface area contributed by atoms with Gasteiger partial charge < -0.3 is 19.7 Å². The fourth-order valence-corrected chi connectivity index (χ4v) is 3.47. The van der Waals surface area contributed by atoms with Crippen LogP contribution in [0, 0.1) is 5.92 Å². The van der Waals surface area contributed by atoms with Gasteiger partial charge in [0.15, 0.2) is 11.5 Å². The highest BCUT2D eigenvalue weighted by molar-refractivity contribution is 5.81. The molecule has 0 radical (unpaired) electrons. The number of nitrogens with zero attached hydrogens (tertiary/aromatic N) is 1. The summed E-state index contributed by atoms with van der Waals surface area (Å²) in [5, 5.41) is 3.06. The lowest BCUT2D eigenvalue weighted by molar-refractivity contribution is -0.135. The number of hydrogen-bond donors (Lipinski definition) is 1. The van der Waals surface area contributed by atoms with E-state index < -0.39 is 0 Å². The Balaban J connectivity index is 1.29. The van der Waals surface area contributed by atoms with Crippen LogP contribution in [0.2, 0.25) is 0 Å². The number of fused-ring (bicyclic) bond motifs is 1. The second kappa shape index (κ2) is 6.94. The third-order valence-corrected chi connectivity index (χ3v) is 5.13. The Morgan fingerprint density at radius 1 is 1.16 bits per heavy atom. The topological polar surface area (TPSA) is 67.9 Å². The van der Waals surface area contributed by atoms with E-state index in [9.17, 15) is 9.59 Å². The van der Waals surface area contributed by atoms with Crippen LogP contribution in [0.15, 0.2) is 18.2 Å². The molecule has 1 aromatic rings. The summed E-state index contributed by atoms with van der Waals surface area (Å²) in [6, 6.07) is 6.19. The molecular formula is C19H24N2O4. The molecule has 1 N–H and O–H groups in total. The number of nitrogens with one attached hydrogen (secondary N) is 1. The van der Waals surface area contributed by atoms with Crippen molar-refractivity contribution in [3.8, 4) is 11.5 Å². The van der Waals surface area contributed by atoms with Gasteiger partial charge in [0.2, 0.25) is 18.6 Å². The number of carbonyl (C=O) groups excluding carboxylic acids is 2. The number of piperidine rings is 1. The molecule has 1 atom stereocenters. The van der Waals surface area contributed by atoms with Gasteiger partial charge in [-0.15, -0.1) is 0 Å². The van der Waals surface area contributed by atoms with Crippen molar-refractivity contribution in [2.75, 3.05) is 19.9 Å². The molecule has 0 unspecified atom stereocenters. The van der Waals surface area contributed by atoms with E-state index in [-0.39, 0.29) is 24.5 Å². The summed E-state index contributed by atoms with van der Waals surface area (Å²) in [6.45, 7) is 1.57. The largest absolute Gasteiger partial charge is 0.454 e. The molecule has 1 aliphatic carbocycles. The highest BCUT2D eigenvalue weighted by Crippen LogP contribution is 2.32. The van der Waals surface area contributed by atoms with E-state index in [0.717, 1.165) is 49.3 Å². The third-order valence-electron chi connectivity index (χ3n) is 5.13. The van der Waals surface area contributed by atoms with Gasteiger partial charge in [0.1, 0.15) is 0 Å². The predicted octanol–water partition coefficient (Wildman–Crippen LogP) is 1.87. The molecule has 2 heterocycles. The lowest BCUT2D eigenvalue weighted by Gasteiger charge is -2.32. The lowest BCUT2D eigenvalue weighted by atomic mass is 9.96. The van der Waals surface area contributed by atoms with Crippen molar-refractivity contribution in [2.24, 2.45) is 5.92 Å². The molecule has 134 valence electrons. The Morgan fingerprint density at radius 2 is 2.00 bits per heavy atom. The fraction of sp³-hybridized carbons (Fsp3) is 0.579. The highest BCUT2D eigenvalue weighted by Gasteiger charge is 2.31. The van der Waals surface area contributed by atoms with Crippen LogP contribution in [-0.2, 0) is 16.0 Å². The predicted molar refractivity (Wildman–Crippen MR) is 91.4 cm³/mol. The van der Waals surface area contributed by atoms with E-state index in [0.29, 0.717) is 25.4 Å². The van der Waals surface area contributed by atoms with E-state index in [1.54, 1.807) is 0 Å². The zero-order chi connectivity index (χ0) is 17.2. The van der Waals surface area contributed by atoms with Crippen LogP contribution in [0.1, 0.15) is 37.7 Å². The van der Waals surface area contributed by atoms with Crippen molar-refractivity contribution in [1.82, 2.24) is 10.2 Å². The van der Waals surface area contributed by atoms with Gasteiger partial charge in [-0.2, -0.15) is 0 Å². The minimum Gasteiger partial charge on any atom is -0.454 e. The lowest BCUT2D eigenvalue weighted by Crippen LogP contribution is -2.45. The molecular weight excluding hydrogens is 320 g/mol. The molecule has 3 aliphatic rings. The monoisotopic (exact) mass is 344 g/mol. The zero-order valence-corrected chi connectivity index (χ0v) is 14.3. The molecule has 4 rings (SSSR count). The van der Waals surface area contributed by atoms with Crippen molar-refractivity contribution < 1.29 is 19.1 Å². The second-order valence-corrected chi connectivity index (χ2v) is 7.15. The normalized spacial score (nSPS) is 21.9. The number of amides is 2. The number of ether oxygens (including phenoxy) is 2. The number of aryl methyl sites for hydroxylation is 1. The second-order valence-electron chi connectivity index (χ2n) is 7.15. The van der Waals surface area contributed by atoms with Crippen molar-refractivity contribution in [3.63, 3.8) is 0 Å². The molecule has 0 spiro atoms. The van der Waals surface area contributed by atoms with Crippen LogP contribution in [0.25, 0.3) is 0 Å². The molecule has 0 aromatic heterocycles. The Hall–Kier alpha value is -2.24. The van der Waals surface area contributed by atoms with Crippen LogP contribution >= 0.6 is 0 Å². The molecule has 2 fully saturated rings. The van der Waals surface area contributed by atoms with E-state index >= 15 is 0 Å². The molecule has 6 nitrogen and oxygen atoms in total. The Kier molecular flexibility index (Phi) is 4.51. The summed E-state index contributed by atoms with van der Waals surface area (Å²) < 4.78 is 10.7. The van der Waals surface area contributed by atoms with E-state index in [1.807, 2.05) is 23.1 Å². The molecule has 2 amide bonds. The van der Waals surface area contributed by atoms with E-state index in [4.69, 9.17) is 9.47 Å². The van der Waals surface area contributed by atoms with Gasteiger partial charge in [-0.3, -0.25) is 9.59 Å². The summed E-state index contributed by atoms with van der Waals surface area (Å²) in [7, 11) is 0. The maximum atomic E-state index is 12.5. The van der Waals surface area contributed by atoms with Gasteiger partial charge in [0.25, 0.3) is 0 Å². The van der Waals surface area contributed by atoms with Gasteiger partial charge >= 0.3 is 0 Å². The number of carbonyl (C=O) groups is 2. The molecule has 2 aliphatic heterocycles. The number of rotatable bonds is 5. The standard InChI is InChI=1S/C19H24N2O4/c22-18(8-4-13-3-7-16-17(10-13)25-12-24-16)21-9-1-2-14(11-21)19(23)20-15-5-6-15/h3,7,10,14-15H,1-2,4-6,8-9,11-12H2,(H,20,23)/t14-/m0/s1. The fourth-order valence-electron chi connectivity index (χ4n) is 3.47. The maximum Gasteiger partial charge on any atom is 0.231 e. The molecule has 6 heteroatoms. The first-order valence-corrected chi connectivity index (χ1v) is 9.16. The van der Waals surface area contributed by atoms with Crippen molar-refractivity contribution >= 4 is 11.8 Å². The molecule has 25 heavy (non-hydrogen) atoms. The molecule has 1 aromatic carbocycles. The summed E-state index contributed by atoms with van der Waals surface area (Å²) in [6.07, 6.45) is 5.10. The quantitative estimate of drug-likeness (QED) is 0.885. The van der Waals surface area contributed by atoms with Crippen molar-refractivity contribution in [3.05, 3.63) is 23.8 Å². The summed E-state index contributed by atoms with van der Waals surface area (Å²) in [5.74, 6) is 1.71. The Morgan fingerprint density at radius 3 is 2.84 bits per heavy atom. The number of likely N-dealkylation sites (tertiary alicyclic amines) is 1.